The maximum absolute atomic E-state index is 14.0. The Morgan fingerprint density at radius 3 is 2.50 bits per heavy atom. The number of phenols is 1. The Morgan fingerprint density at radius 2 is 1.80 bits per heavy atom. The van der Waals surface area contributed by atoms with Crippen molar-refractivity contribution < 1.29 is 29.0 Å². The number of ether oxygens (including phenoxy) is 1. The number of aromatic hydroxyl groups is 1. The van der Waals surface area contributed by atoms with Gasteiger partial charge in [-0.25, -0.2) is 0 Å². The zero-order valence-electron chi connectivity index (χ0n) is 22.3. The summed E-state index contributed by atoms with van der Waals surface area (Å²) in [5.41, 5.74) is 3.61. The number of hydrogen-bond donors (Lipinski definition) is 1. The third-order valence-electron chi connectivity index (χ3n) is 8.59. The quantitative estimate of drug-likeness (QED) is 0.326. The molecule has 0 spiro atoms. The van der Waals surface area contributed by atoms with E-state index in [0.717, 1.165) is 11.1 Å². The van der Waals surface area contributed by atoms with E-state index in [-0.39, 0.29) is 41.3 Å². The lowest BCUT2D eigenvalue weighted by molar-refractivity contribution is -0.123. The van der Waals surface area contributed by atoms with Crippen molar-refractivity contribution in [2.45, 2.75) is 32.6 Å². The van der Waals surface area contributed by atoms with Crippen molar-refractivity contribution in [3.8, 4) is 11.5 Å². The highest BCUT2D eigenvalue weighted by Gasteiger charge is 2.56. The van der Waals surface area contributed by atoms with Gasteiger partial charge < -0.3 is 9.84 Å². The lowest BCUT2D eigenvalue weighted by atomic mass is 9.59. The van der Waals surface area contributed by atoms with Crippen LogP contribution in [0.4, 0.5) is 5.69 Å². The molecule has 1 heterocycles. The molecule has 3 aliphatic carbocycles. The molecule has 0 radical (unpaired) electrons. The first-order valence-corrected chi connectivity index (χ1v) is 13.5. The van der Waals surface area contributed by atoms with E-state index in [0.29, 0.717) is 41.0 Å². The zero-order chi connectivity index (χ0) is 28.3. The van der Waals surface area contributed by atoms with Gasteiger partial charge in [0.1, 0.15) is 0 Å². The van der Waals surface area contributed by atoms with E-state index < -0.39 is 23.7 Å². The van der Waals surface area contributed by atoms with Crippen LogP contribution in [0, 0.1) is 17.8 Å². The molecule has 4 atom stereocenters. The summed E-state index contributed by atoms with van der Waals surface area (Å²) in [6.07, 6.45) is 5.48. The molecular formula is C33H29NO6. The van der Waals surface area contributed by atoms with Gasteiger partial charge in [-0.1, -0.05) is 48.6 Å². The fraction of sp³-hybridized carbons (Fsp3) is 0.273. The summed E-state index contributed by atoms with van der Waals surface area (Å²) in [4.78, 5) is 55.7. The van der Waals surface area contributed by atoms with Crippen molar-refractivity contribution in [3.63, 3.8) is 0 Å². The fourth-order valence-corrected chi connectivity index (χ4v) is 6.77. The number of anilines is 1. The molecule has 0 bridgehead atoms. The van der Waals surface area contributed by atoms with Gasteiger partial charge in [-0.05, 0) is 62.4 Å². The molecule has 7 nitrogen and oxygen atoms in total. The first-order chi connectivity index (χ1) is 19.3. The van der Waals surface area contributed by atoms with Crippen LogP contribution in [0.15, 0.2) is 83.5 Å². The molecule has 40 heavy (non-hydrogen) atoms. The van der Waals surface area contributed by atoms with Gasteiger partial charge in [0.25, 0.3) is 0 Å². The molecule has 1 fully saturated rings. The molecule has 4 unspecified atom stereocenters. The third kappa shape index (κ3) is 3.72. The minimum absolute atomic E-state index is 0.102. The molecule has 2 aromatic carbocycles. The fourth-order valence-electron chi connectivity index (χ4n) is 6.77. The van der Waals surface area contributed by atoms with E-state index in [2.05, 4.69) is 6.58 Å². The van der Waals surface area contributed by atoms with Crippen LogP contribution in [0.2, 0.25) is 0 Å². The molecule has 2 amide bonds. The van der Waals surface area contributed by atoms with Crippen molar-refractivity contribution in [2.75, 3.05) is 11.5 Å². The van der Waals surface area contributed by atoms with Gasteiger partial charge in [0.05, 0.1) is 24.1 Å². The molecular weight excluding hydrogens is 506 g/mol. The Labute approximate surface area is 232 Å². The number of carbonyl (C=O) groups excluding carboxylic acids is 4. The molecule has 1 N–H and O–H groups in total. The highest BCUT2D eigenvalue weighted by Crippen LogP contribution is 2.57. The van der Waals surface area contributed by atoms with Crippen LogP contribution in [0.5, 0.6) is 11.5 Å². The van der Waals surface area contributed by atoms with E-state index in [1.807, 2.05) is 13.0 Å². The monoisotopic (exact) mass is 535 g/mol. The van der Waals surface area contributed by atoms with Crippen molar-refractivity contribution in [1.29, 1.82) is 0 Å². The molecule has 7 heteroatoms. The maximum Gasteiger partial charge on any atom is 0.238 e. The molecule has 1 aliphatic heterocycles. The molecule has 4 aliphatic rings. The van der Waals surface area contributed by atoms with Gasteiger partial charge in [0, 0.05) is 28.2 Å². The number of hydrogen-bond acceptors (Lipinski definition) is 6. The average Bonchev–Trinajstić information content (AvgIpc) is 3.21. The molecule has 0 aromatic heterocycles. The number of carbonyl (C=O) groups is 4. The topological polar surface area (TPSA) is 101 Å². The molecule has 202 valence electrons. The summed E-state index contributed by atoms with van der Waals surface area (Å²) < 4.78 is 5.63. The number of amides is 2. The number of phenolic OH excluding ortho intramolecular Hbond substituents is 1. The summed E-state index contributed by atoms with van der Waals surface area (Å²) >= 11 is 0. The number of imide groups is 1. The first-order valence-electron chi connectivity index (χ1n) is 13.5. The Balaban J connectivity index is 1.48. The van der Waals surface area contributed by atoms with Crippen molar-refractivity contribution >= 4 is 35.1 Å². The third-order valence-corrected chi connectivity index (χ3v) is 8.59. The Morgan fingerprint density at radius 1 is 1.05 bits per heavy atom. The van der Waals surface area contributed by atoms with Crippen LogP contribution in [-0.4, -0.2) is 35.1 Å². The van der Waals surface area contributed by atoms with E-state index in [9.17, 15) is 24.3 Å². The van der Waals surface area contributed by atoms with E-state index in [4.69, 9.17) is 4.74 Å². The number of rotatable bonds is 5. The molecule has 0 saturated carbocycles. The SMILES string of the molecule is C=Cc1ccc(N2C(=O)C3CC=C4C(c5cccc(OCC)c5O)C5=C(CC4C3C2=O)C(=O)C=C(C)C5=O)cc1. The lowest BCUT2D eigenvalue weighted by Gasteiger charge is -2.42. The Hall–Kier alpha value is -4.52. The maximum atomic E-state index is 14.0. The second-order valence-electron chi connectivity index (χ2n) is 10.7. The predicted molar refractivity (Wildman–Crippen MR) is 150 cm³/mol. The van der Waals surface area contributed by atoms with Crippen LogP contribution in [0.1, 0.15) is 43.7 Å². The number of para-hydroxylation sites is 1. The zero-order valence-corrected chi connectivity index (χ0v) is 22.3. The summed E-state index contributed by atoms with van der Waals surface area (Å²) in [5, 5.41) is 11.3. The smallest absolute Gasteiger partial charge is 0.238 e. The van der Waals surface area contributed by atoms with Crippen molar-refractivity contribution in [2.24, 2.45) is 17.8 Å². The molecule has 6 rings (SSSR count). The normalized spacial score (nSPS) is 25.7. The van der Waals surface area contributed by atoms with Crippen LogP contribution < -0.4 is 9.64 Å². The van der Waals surface area contributed by atoms with Crippen LogP contribution in [0.25, 0.3) is 6.08 Å². The van der Waals surface area contributed by atoms with Crippen molar-refractivity contribution in [1.82, 2.24) is 0 Å². The Kier molecular flexibility index (Phi) is 6.17. The standard InChI is InChI=1S/C33H29NO6/c1-4-18-9-11-19(12-10-18)34-32(38)22-14-13-20-23(28(22)33(34)39)16-24-25(35)15-17(3)30(36)29(24)27(20)21-7-6-8-26(31(21)37)40-5-2/h4,6-13,15,22-23,27-28,37H,1,5,14,16H2,2-3H3. The average molecular weight is 536 g/mol. The van der Waals surface area contributed by atoms with Gasteiger partial charge in [0.15, 0.2) is 23.1 Å². The van der Waals surface area contributed by atoms with Gasteiger partial charge in [-0.2, -0.15) is 0 Å². The second kappa shape index (κ2) is 9.59. The number of benzene rings is 2. The summed E-state index contributed by atoms with van der Waals surface area (Å²) in [6, 6.07) is 12.2. The highest BCUT2D eigenvalue weighted by molar-refractivity contribution is 6.25. The first kappa shape index (κ1) is 25.7. The summed E-state index contributed by atoms with van der Waals surface area (Å²) in [5.74, 6) is -3.39. The molecule has 1 saturated heterocycles. The molecule has 2 aromatic rings. The van der Waals surface area contributed by atoms with Crippen molar-refractivity contribution in [3.05, 3.63) is 94.6 Å². The van der Waals surface area contributed by atoms with E-state index >= 15 is 0 Å². The number of Topliss-reactive ketones (excluding diaryl/α,β-unsaturated/α-hetero) is 1. The van der Waals surface area contributed by atoms with Gasteiger partial charge in [-0.15, -0.1) is 0 Å². The number of allylic oxidation sites excluding steroid dienone is 6. The highest BCUT2D eigenvalue weighted by atomic mass is 16.5. The van der Waals surface area contributed by atoms with Crippen LogP contribution in [-0.2, 0) is 19.2 Å². The minimum atomic E-state index is -0.737. The van der Waals surface area contributed by atoms with E-state index in [1.165, 1.54) is 11.0 Å². The lowest BCUT2D eigenvalue weighted by Crippen LogP contribution is -2.39. The van der Waals surface area contributed by atoms with Gasteiger partial charge in [0.2, 0.25) is 11.8 Å². The summed E-state index contributed by atoms with van der Waals surface area (Å²) in [7, 11) is 0. The predicted octanol–water partition coefficient (Wildman–Crippen LogP) is 5.07. The number of ketones is 2. The van der Waals surface area contributed by atoms with E-state index in [1.54, 1.807) is 55.5 Å². The number of fused-ring (bicyclic) bond motifs is 3. The number of nitrogens with zero attached hydrogens (tertiary/aromatic N) is 1. The van der Waals surface area contributed by atoms with Gasteiger partial charge in [-0.3, -0.25) is 24.1 Å². The second-order valence-corrected chi connectivity index (χ2v) is 10.7. The minimum Gasteiger partial charge on any atom is -0.504 e. The Bertz CT molecular complexity index is 1590. The summed E-state index contributed by atoms with van der Waals surface area (Å²) in [6.45, 7) is 7.52. The largest absolute Gasteiger partial charge is 0.504 e. The van der Waals surface area contributed by atoms with Crippen LogP contribution >= 0.6 is 0 Å². The van der Waals surface area contributed by atoms with Crippen LogP contribution in [0.3, 0.4) is 0 Å². The van der Waals surface area contributed by atoms with Gasteiger partial charge >= 0.3 is 0 Å².